The predicted molar refractivity (Wildman–Crippen MR) is 97.4 cm³/mol. The summed E-state index contributed by atoms with van der Waals surface area (Å²) in [5.41, 5.74) is 3.48. The van der Waals surface area contributed by atoms with E-state index in [1.165, 1.54) is 30.9 Å². The fourth-order valence-electron chi connectivity index (χ4n) is 2.68. The quantitative estimate of drug-likeness (QED) is 0.306. The first-order valence-electron chi connectivity index (χ1n) is 6.85. The van der Waals surface area contributed by atoms with Gasteiger partial charge < -0.3 is 0 Å². The van der Waals surface area contributed by atoms with Gasteiger partial charge in [-0.15, -0.1) is 0 Å². The van der Waals surface area contributed by atoms with Crippen LogP contribution >= 0.6 is 22.6 Å². The first-order chi connectivity index (χ1) is 10.3. The second-order valence-corrected chi connectivity index (χ2v) is 6.33. The van der Waals surface area contributed by atoms with E-state index in [9.17, 15) is 0 Å². The van der Waals surface area contributed by atoms with E-state index in [1.807, 2.05) is 6.20 Å². The molecule has 4 rings (SSSR count). The van der Waals surface area contributed by atoms with Gasteiger partial charge in [0.15, 0.2) is 0 Å². The summed E-state index contributed by atoms with van der Waals surface area (Å²) in [6.45, 7) is 0. The number of rotatable bonds is 1. The van der Waals surface area contributed by atoms with Gasteiger partial charge in [0.1, 0.15) is 0 Å². The van der Waals surface area contributed by atoms with Crippen molar-refractivity contribution in [3.63, 3.8) is 0 Å². The molecule has 0 N–H and O–H groups in total. The summed E-state index contributed by atoms with van der Waals surface area (Å²) < 4.78 is 1.25. The van der Waals surface area contributed by atoms with Gasteiger partial charge in [0.2, 0.25) is 0 Å². The molecule has 0 saturated carbocycles. The summed E-state index contributed by atoms with van der Waals surface area (Å²) in [4.78, 5) is 4.61. The Morgan fingerprint density at radius 2 is 1.48 bits per heavy atom. The highest BCUT2D eigenvalue weighted by atomic mass is 127. The molecular formula is C19H12IN. The standard InChI is InChI=1S/C19H12IN/c20-16-8-5-13(6-9-16)14-7-10-18-17-4-2-1-3-15(17)12-21-19(18)11-14/h1-12H. The maximum Gasteiger partial charge on any atom is 0.0714 e. The minimum atomic E-state index is 1.05. The number of nitrogens with zero attached hydrogens (tertiary/aromatic N) is 1. The SMILES string of the molecule is Ic1ccc(-c2ccc3c(c2)ncc2ccccc23)cc1. The van der Waals surface area contributed by atoms with E-state index < -0.39 is 0 Å². The third-order valence-electron chi connectivity index (χ3n) is 3.77. The van der Waals surface area contributed by atoms with Gasteiger partial charge in [0.05, 0.1) is 5.52 Å². The molecule has 3 aromatic carbocycles. The van der Waals surface area contributed by atoms with Gasteiger partial charge in [-0.05, 0) is 57.3 Å². The second-order valence-electron chi connectivity index (χ2n) is 5.08. The maximum absolute atomic E-state index is 4.61. The molecule has 0 saturated heterocycles. The third kappa shape index (κ3) is 2.29. The minimum Gasteiger partial charge on any atom is -0.256 e. The molecule has 2 heteroatoms. The van der Waals surface area contributed by atoms with Gasteiger partial charge in [-0.1, -0.05) is 48.5 Å². The van der Waals surface area contributed by atoms with Crippen LogP contribution in [0.15, 0.2) is 72.9 Å². The highest BCUT2D eigenvalue weighted by molar-refractivity contribution is 14.1. The Bertz CT molecular complexity index is 942. The van der Waals surface area contributed by atoms with E-state index in [0.717, 1.165) is 5.52 Å². The Kier molecular flexibility index (Phi) is 3.11. The molecule has 21 heavy (non-hydrogen) atoms. The normalized spacial score (nSPS) is 11.1. The van der Waals surface area contributed by atoms with Crippen molar-refractivity contribution in [3.05, 3.63) is 76.5 Å². The Morgan fingerprint density at radius 1 is 0.714 bits per heavy atom. The van der Waals surface area contributed by atoms with Crippen molar-refractivity contribution >= 4 is 44.3 Å². The van der Waals surface area contributed by atoms with Gasteiger partial charge in [-0.2, -0.15) is 0 Å². The van der Waals surface area contributed by atoms with E-state index in [-0.39, 0.29) is 0 Å². The molecule has 0 aliphatic carbocycles. The fourth-order valence-corrected chi connectivity index (χ4v) is 3.04. The first-order valence-corrected chi connectivity index (χ1v) is 7.92. The van der Waals surface area contributed by atoms with Gasteiger partial charge in [0.25, 0.3) is 0 Å². The van der Waals surface area contributed by atoms with Crippen LogP contribution in [-0.2, 0) is 0 Å². The Balaban J connectivity index is 1.94. The van der Waals surface area contributed by atoms with Crippen molar-refractivity contribution in [1.29, 1.82) is 0 Å². The van der Waals surface area contributed by atoms with Crippen molar-refractivity contribution in [3.8, 4) is 11.1 Å². The van der Waals surface area contributed by atoms with Crippen molar-refractivity contribution in [1.82, 2.24) is 4.98 Å². The van der Waals surface area contributed by atoms with E-state index in [1.54, 1.807) is 0 Å². The van der Waals surface area contributed by atoms with E-state index in [0.29, 0.717) is 0 Å². The molecule has 4 aromatic rings. The molecule has 0 amide bonds. The first kappa shape index (κ1) is 12.8. The van der Waals surface area contributed by atoms with Crippen LogP contribution in [0.5, 0.6) is 0 Å². The molecule has 1 aromatic heterocycles. The zero-order chi connectivity index (χ0) is 14.2. The molecule has 1 heterocycles. The van der Waals surface area contributed by atoms with Crippen LogP contribution in [0.25, 0.3) is 32.8 Å². The Hall–Kier alpha value is -1.94. The summed E-state index contributed by atoms with van der Waals surface area (Å²) in [5, 5.41) is 3.66. The highest BCUT2D eigenvalue weighted by Gasteiger charge is 2.04. The number of fused-ring (bicyclic) bond motifs is 3. The molecular weight excluding hydrogens is 369 g/mol. The fraction of sp³-hybridized carbons (Fsp3) is 0. The lowest BCUT2D eigenvalue weighted by Crippen LogP contribution is -1.84. The topological polar surface area (TPSA) is 12.9 Å². The lowest BCUT2D eigenvalue weighted by atomic mass is 10.0. The van der Waals surface area contributed by atoms with Gasteiger partial charge in [-0.25, -0.2) is 0 Å². The number of hydrogen-bond acceptors (Lipinski definition) is 1. The van der Waals surface area contributed by atoms with Crippen LogP contribution in [0, 0.1) is 3.57 Å². The lowest BCUT2D eigenvalue weighted by molar-refractivity contribution is 1.44. The largest absolute Gasteiger partial charge is 0.256 e. The van der Waals surface area contributed by atoms with Crippen LogP contribution < -0.4 is 0 Å². The molecule has 0 radical (unpaired) electrons. The summed E-state index contributed by atoms with van der Waals surface area (Å²) in [5.74, 6) is 0. The molecule has 0 bridgehead atoms. The minimum absolute atomic E-state index is 1.05. The molecule has 0 aliphatic rings. The number of hydrogen-bond donors (Lipinski definition) is 0. The molecule has 0 fully saturated rings. The van der Waals surface area contributed by atoms with Gasteiger partial charge in [0, 0.05) is 20.5 Å². The van der Waals surface area contributed by atoms with Crippen molar-refractivity contribution in [2.45, 2.75) is 0 Å². The zero-order valence-corrected chi connectivity index (χ0v) is 13.4. The van der Waals surface area contributed by atoms with E-state index in [2.05, 4.69) is 94.3 Å². The number of pyridine rings is 1. The van der Waals surface area contributed by atoms with Crippen LogP contribution in [0.1, 0.15) is 0 Å². The van der Waals surface area contributed by atoms with Crippen LogP contribution in [0.2, 0.25) is 0 Å². The average molecular weight is 381 g/mol. The number of benzene rings is 3. The molecule has 1 nitrogen and oxygen atoms in total. The highest BCUT2D eigenvalue weighted by Crippen LogP contribution is 2.28. The number of aromatic nitrogens is 1. The van der Waals surface area contributed by atoms with E-state index in [4.69, 9.17) is 0 Å². The Morgan fingerprint density at radius 3 is 2.33 bits per heavy atom. The smallest absolute Gasteiger partial charge is 0.0714 e. The van der Waals surface area contributed by atoms with Crippen LogP contribution in [-0.4, -0.2) is 4.98 Å². The molecule has 100 valence electrons. The van der Waals surface area contributed by atoms with Crippen molar-refractivity contribution < 1.29 is 0 Å². The second kappa shape index (κ2) is 5.11. The monoisotopic (exact) mass is 381 g/mol. The summed E-state index contributed by atoms with van der Waals surface area (Å²) in [6, 6.07) is 23.5. The summed E-state index contributed by atoms with van der Waals surface area (Å²) in [6.07, 6.45) is 1.95. The average Bonchev–Trinajstić information content (AvgIpc) is 2.55. The number of halogens is 1. The third-order valence-corrected chi connectivity index (χ3v) is 4.49. The molecule has 0 aliphatic heterocycles. The molecule has 0 unspecified atom stereocenters. The molecule has 0 spiro atoms. The summed E-state index contributed by atoms with van der Waals surface area (Å²) in [7, 11) is 0. The van der Waals surface area contributed by atoms with Crippen molar-refractivity contribution in [2.75, 3.05) is 0 Å². The van der Waals surface area contributed by atoms with Crippen LogP contribution in [0.3, 0.4) is 0 Å². The predicted octanol–water partition coefficient (Wildman–Crippen LogP) is 5.66. The van der Waals surface area contributed by atoms with Crippen LogP contribution in [0.4, 0.5) is 0 Å². The summed E-state index contributed by atoms with van der Waals surface area (Å²) >= 11 is 2.33. The van der Waals surface area contributed by atoms with Crippen molar-refractivity contribution in [2.24, 2.45) is 0 Å². The van der Waals surface area contributed by atoms with Gasteiger partial charge >= 0.3 is 0 Å². The lowest BCUT2D eigenvalue weighted by Gasteiger charge is -2.06. The van der Waals surface area contributed by atoms with Gasteiger partial charge in [-0.3, -0.25) is 4.98 Å². The van der Waals surface area contributed by atoms with E-state index >= 15 is 0 Å². The Labute approximate surface area is 136 Å². The maximum atomic E-state index is 4.61. The zero-order valence-electron chi connectivity index (χ0n) is 11.3. The molecule has 0 atom stereocenters.